The van der Waals surface area contributed by atoms with Crippen LogP contribution in [-0.2, 0) is 14.3 Å². The van der Waals surface area contributed by atoms with Gasteiger partial charge in [0, 0.05) is 18.4 Å². The van der Waals surface area contributed by atoms with Crippen molar-refractivity contribution in [3.05, 3.63) is 59.7 Å². The zero-order chi connectivity index (χ0) is 23.4. The zero-order valence-corrected chi connectivity index (χ0v) is 18.8. The number of fused-ring (bicyclic) bond motifs is 3. The minimum Gasteiger partial charge on any atom is -0.480 e. The third-order valence-corrected chi connectivity index (χ3v) is 6.75. The molecule has 2 aromatic rings. The minimum atomic E-state index is -1.07. The summed E-state index contributed by atoms with van der Waals surface area (Å²) in [5, 5.41) is 14.5. The Morgan fingerprint density at radius 1 is 1.00 bits per heavy atom. The monoisotopic (exact) mass is 450 g/mol. The van der Waals surface area contributed by atoms with Crippen LogP contribution in [0.1, 0.15) is 56.1 Å². The highest BCUT2D eigenvalue weighted by Crippen LogP contribution is 2.44. The lowest BCUT2D eigenvalue weighted by Gasteiger charge is -2.31. The minimum absolute atomic E-state index is 0.00594. The van der Waals surface area contributed by atoms with Gasteiger partial charge in [0.15, 0.2) is 0 Å². The summed E-state index contributed by atoms with van der Waals surface area (Å²) in [5.41, 5.74) is 4.67. The molecule has 0 radical (unpaired) electrons. The van der Waals surface area contributed by atoms with Gasteiger partial charge >= 0.3 is 12.1 Å². The Morgan fingerprint density at radius 3 is 2.24 bits per heavy atom. The van der Waals surface area contributed by atoms with Crippen molar-refractivity contribution in [2.75, 3.05) is 6.61 Å². The molecule has 1 saturated carbocycles. The number of ether oxygens (including phenoxy) is 1. The quantitative estimate of drug-likeness (QED) is 0.590. The van der Waals surface area contributed by atoms with Gasteiger partial charge in [-0.15, -0.1) is 0 Å². The smallest absolute Gasteiger partial charge is 0.407 e. The first-order chi connectivity index (χ1) is 15.9. The lowest BCUT2D eigenvalue weighted by atomic mass is 9.82. The molecule has 0 bridgehead atoms. The number of amides is 2. The number of carboxylic acids is 1. The van der Waals surface area contributed by atoms with E-state index in [2.05, 4.69) is 34.9 Å². The van der Waals surface area contributed by atoms with Crippen molar-refractivity contribution in [1.82, 2.24) is 10.6 Å². The summed E-state index contributed by atoms with van der Waals surface area (Å²) >= 11 is 0. The molecule has 7 nitrogen and oxygen atoms in total. The van der Waals surface area contributed by atoms with Crippen LogP contribution in [0, 0.1) is 5.92 Å². The van der Waals surface area contributed by atoms with E-state index in [-0.39, 0.29) is 36.8 Å². The third-order valence-electron chi connectivity index (χ3n) is 6.75. The molecule has 1 fully saturated rings. The van der Waals surface area contributed by atoms with Crippen LogP contribution in [0.25, 0.3) is 11.1 Å². The second-order valence-corrected chi connectivity index (χ2v) is 8.95. The van der Waals surface area contributed by atoms with E-state index in [1.165, 1.54) is 18.1 Å². The van der Waals surface area contributed by atoms with Crippen LogP contribution in [-0.4, -0.2) is 41.8 Å². The Morgan fingerprint density at radius 2 is 1.61 bits per heavy atom. The molecule has 2 aromatic carbocycles. The van der Waals surface area contributed by atoms with Gasteiger partial charge in [-0.1, -0.05) is 61.4 Å². The van der Waals surface area contributed by atoms with Crippen molar-refractivity contribution < 1.29 is 24.2 Å². The maximum atomic E-state index is 12.7. The molecule has 2 amide bonds. The summed E-state index contributed by atoms with van der Waals surface area (Å²) in [5.74, 6) is -1.43. The predicted molar refractivity (Wildman–Crippen MR) is 124 cm³/mol. The van der Waals surface area contributed by atoms with Crippen molar-refractivity contribution in [1.29, 1.82) is 0 Å². The van der Waals surface area contributed by atoms with Crippen LogP contribution >= 0.6 is 0 Å². The van der Waals surface area contributed by atoms with E-state index >= 15 is 0 Å². The van der Waals surface area contributed by atoms with Crippen LogP contribution in [0.2, 0.25) is 0 Å². The maximum absolute atomic E-state index is 12.7. The zero-order valence-electron chi connectivity index (χ0n) is 18.8. The van der Waals surface area contributed by atoms with Crippen LogP contribution in [0.5, 0.6) is 0 Å². The summed E-state index contributed by atoms with van der Waals surface area (Å²) in [6.45, 7) is 1.68. The lowest BCUT2D eigenvalue weighted by Crippen LogP contribution is -2.45. The van der Waals surface area contributed by atoms with Gasteiger partial charge < -0.3 is 20.5 Å². The van der Waals surface area contributed by atoms with Gasteiger partial charge in [0.25, 0.3) is 0 Å². The van der Waals surface area contributed by atoms with E-state index in [4.69, 9.17) is 9.84 Å². The second kappa shape index (κ2) is 10.1. The molecule has 4 rings (SSSR count). The molecule has 174 valence electrons. The van der Waals surface area contributed by atoms with Crippen molar-refractivity contribution in [2.24, 2.45) is 5.92 Å². The van der Waals surface area contributed by atoms with Gasteiger partial charge in [-0.05, 0) is 47.9 Å². The molecule has 3 atom stereocenters. The van der Waals surface area contributed by atoms with Crippen LogP contribution in [0.15, 0.2) is 48.5 Å². The van der Waals surface area contributed by atoms with Crippen molar-refractivity contribution in [3.63, 3.8) is 0 Å². The molecule has 33 heavy (non-hydrogen) atoms. The fourth-order valence-electron chi connectivity index (χ4n) is 5.03. The topological polar surface area (TPSA) is 105 Å². The summed E-state index contributed by atoms with van der Waals surface area (Å²) in [4.78, 5) is 35.9. The van der Waals surface area contributed by atoms with Crippen molar-refractivity contribution >= 4 is 18.0 Å². The Bertz CT molecular complexity index is 991. The van der Waals surface area contributed by atoms with E-state index < -0.39 is 18.1 Å². The molecule has 0 aromatic heterocycles. The first-order valence-electron chi connectivity index (χ1n) is 11.6. The number of hydrogen-bond donors (Lipinski definition) is 3. The molecule has 3 N–H and O–H groups in total. The highest BCUT2D eigenvalue weighted by molar-refractivity contribution is 5.83. The first-order valence-corrected chi connectivity index (χ1v) is 11.6. The van der Waals surface area contributed by atoms with Gasteiger partial charge in [0.05, 0.1) is 0 Å². The number of hydrogen-bond acceptors (Lipinski definition) is 4. The molecule has 7 heteroatoms. The standard InChI is InChI=1S/C26H30N2O5/c1-16(25(30)31)27-24(29)14-17-8-2-7-13-23(17)28-26(32)33-15-22-20-11-5-3-9-18(20)19-10-4-6-12-21(19)22/h3-6,9-12,16-17,22-23H,2,7-8,13-15H2,1H3,(H,27,29)(H,28,32)(H,30,31)/t16-,17-,23-/m1/s1. The Kier molecular flexibility index (Phi) is 6.96. The number of alkyl carbamates (subject to hydrolysis) is 1. The molecule has 0 heterocycles. The van der Waals surface area contributed by atoms with E-state index in [1.54, 1.807) is 0 Å². The predicted octanol–water partition coefficient (Wildman–Crippen LogP) is 4.06. The number of carbonyl (C=O) groups excluding carboxylic acids is 2. The molecule has 0 spiro atoms. The Balaban J connectivity index is 1.35. The van der Waals surface area contributed by atoms with E-state index in [0.29, 0.717) is 0 Å². The number of nitrogens with one attached hydrogen (secondary N) is 2. The van der Waals surface area contributed by atoms with Gasteiger partial charge in [-0.3, -0.25) is 9.59 Å². The number of benzene rings is 2. The summed E-state index contributed by atoms with van der Waals surface area (Å²) < 4.78 is 5.66. The van der Waals surface area contributed by atoms with Crippen LogP contribution in [0.4, 0.5) is 4.79 Å². The summed E-state index contributed by atoms with van der Waals surface area (Å²) in [6.07, 6.45) is 3.24. The second-order valence-electron chi connectivity index (χ2n) is 8.95. The average molecular weight is 451 g/mol. The third kappa shape index (κ3) is 5.18. The molecule has 0 unspecified atom stereocenters. The summed E-state index contributed by atoms with van der Waals surface area (Å²) in [6, 6.07) is 15.3. The normalized spacial score (nSPS) is 20.3. The van der Waals surface area contributed by atoms with E-state index in [0.717, 1.165) is 36.8 Å². The van der Waals surface area contributed by atoms with E-state index in [9.17, 15) is 14.4 Å². The van der Waals surface area contributed by atoms with Crippen LogP contribution in [0.3, 0.4) is 0 Å². The SMILES string of the molecule is C[C@@H](NC(=O)C[C@H]1CCCC[C@H]1NC(=O)OCC1c2ccccc2-c2ccccc21)C(=O)O. The number of rotatable bonds is 7. The number of carbonyl (C=O) groups is 3. The molecular formula is C26H30N2O5. The molecular weight excluding hydrogens is 420 g/mol. The molecule has 2 aliphatic carbocycles. The van der Waals surface area contributed by atoms with Gasteiger partial charge in [0.1, 0.15) is 12.6 Å². The highest BCUT2D eigenvalue weighted by Gasteiger charge is 2.32. The van der Waals surface area contributed by atoms with Crippen molar-refractivity contribution in [3.8, 4) is 11.1 Å². The maximum Gasteiger partial charge on any atom is 0.407 e. The van der Waals surface area contributed by atoms with Crippen molar-refractivity contribution in [2.45, 2.75) is 57.0 Å². The lowest BCUT2D eigenvalue weighted by molar-refractivity contribution is -0.141. The van der Waals surface area contributed by atoms with Gasteiger partial charge in [0.2, 0.25) is 5.91 Å². The summed E-state index contributed by atoms with van der Waals surface area (Å²) in [7, 11) is 0. The Hall–Kier alpha value is -3.35. The molecule has 0 saturated heterocycles. The van der Waals surface area contributed by atoms with E-state index in [1.807, 2.05) is 24.3 Å². The largest absolute Gasteiger partial charge is 0.480 e. The molecule has 0 aliphatic heterocycles. The van der Waals surface area contributed by atoms with Gasteiger partial charge in [-0.25, -0.2) is 4.79 Å². The van der Waals surface area contributed by atoms with Gasteiger partial charge in [-0.2, -0.15) is 0 Å². The fraction of sp³-hybridized carbons (Fsp3) is 0.423. The first kappa shape index (κ1) is 22.8. The number of carboxylic acid groups (broad SMARTS) is 1. The fourth-order valence-corrected chi connectivity index (χ4v) is 5.03. The number of aliphatic carboxylic acids is 1. The molecule has 2 aliphatic rings. The Labute approximate surface area is 193 Å². The highest BCUT2D eigenvalue weighted by atomic mass is 16.5. The average Bonchev–Trinajstić information content (AvgIpc) is 3.12. The van der Waals surface area contributed by atoms with Crippen LogP contribution < -0.4 is 10.6 Å².